The highest BCUT2D eigenvalue weighted by Crippen LogP contribution is 2.15. The Balaban J connectivity index is 2.03. The van der Waals surface area contributed by atoms with Crippen LogP contribution in [0.1, 0.15) is 35.3 Å². The predicted octanol–water partition coefficient (Wildman–Crippen LogP) is 2.97. The molecule has 5 nitrogen and oxygen atoms in total. The maximum Gasteiger partial charge on any atom is 0.274 e. The van der Waals surface area contributed by atoms with Crippen molar-refractivity contribution in [2.75, 3.05) is 0 Å². The minimum Gasteiger partial charge on any atom is -0.346 e. The minimum absolute atomic E-state index is 0.115. The van der Waals surface area contributed by atoms with E-state index in [4.69, 9.17) is 0 Å². The van der Waals surface area contributed by atoms with Crippen molar-refractivity contribution in [1.82, 2.24) is 15.1 Å². The molecule has 1 amide bonds. The fourth-order valence-corrected chi connectivity index (χ4v) is 3.03. The summed E-state index contributed by atoms with van der Waals surface area (Å²) in [5.74, 6) is -0.274. The fourth-order valence-electron chi connectivity index (χ4n) is 2.39. The van der Waals surface area contributed by atoms with Crippen LogP contribution >= 0.6 is 11.3 Å². The minimum atomic E-state index is -0.274. The van der Waals surface area contributed by atoms with E-state index in [1.807, 2.05) is 31.4 Å². The van der Waals surface area contributed by atoms with Crippen LogP contribution < -0.4 is 10.9 Å². The molecule has 0 aliphatic carbocycles. The largest absolute Gasteiger partial charge is 0.346 e. The molecule has 2 aromatic heterocycles. The van der Waals surface area contributed by atoms with E-state index in [0.717, 1.165) is 4.88 Å². The summed E-state index contributed by atoms with van der Waals surface area (Å²) in [6.07, 6.45) is 0. The van der Waals surface area contributed by atoms with Crippen molar-refractivity contribution in [3.63, 3.8) is 0 Å². The number of rotatable bonds is 4. The van der Waals surface area contributed by atoms with Gasteiger partial charge < -0.3 is 5.32 Å². The molecule has 0 saturated heterocycles. The Morgan fingerprint density at radius 2 is 1.96 bits per heavy atom. The Kier molecular flexibility index (Phi) is 4.25. The van der Waals surface area contributed by atoms with Crippen LogP contribution in [0.25, 0.3) is 10.8 Å². The van der Waals surface area contributed by atoms with E-state index in [1.54, 1.807) is 35.6 Å². The van der Waals surface area contributed by atoms with Crippen LogP contribution in [0.5, 0.6) is 0 Å². The summed E-state index contributed by atoms with van der Waals surface area (Å²) in [4.78, 5) is 26.1. The topological polar surface area (TPSA) is 64.0 Å². The summed E-state index contributed by atoms with van der Waals surface area (Å²) in [6.45, 7) is 4.19. The molecule has 0 atom stereocenters. The molecule has 0 aliphatic rings. The van der Waals surface area contributed by atoms with Gasteiger partial charge in [-0.05, 0) is 31.4 Å². The third-order valence-electron chi connectivity index (χ3n) is 3.54. The molecule has 118 valence electrons. The van der Waals surface area contributed by atoms with Gasteiger partial charge in [-0.15, -0.1) is 11.3 Å². The van der Waals surface area contributed by atoms with Crippen molar-refractivity contribution in [3.05, 3.63) is 62.7 Å². The van der Waals surface area contributed by atoms with Gasteiger partial charge in [-0.2, -0.15) is 5.10 Å². The Morgan fingerprint density at radius 1 is 1.22 bits per heavy atom. The Hall–Kier alpha value is -2.47. The molecule has 6 heteroatoms. The smallest absolute Gasteiger partial charge is 0.274 e. The highest BCUT2D eigenvalue weighted by Gasteiger charge is 2.17. The lowest BCUT2D eigenvalue weighted by atomic mass is 10.1. The number of nitrogens with zero attached hydrogens (tertiary/aromatic N) is 2. The first-order valence-electron chi connectivity index (χ1n) is 7.40. The molecule has 1 N–H and O–H groups in total. The molecular formula is C17H17N3O2S. The fraction of sp³-hybridized carbons (Fsp3) is 0.235. The van der Waals surface area contributed by atoms with Crippen LogP contribution in [0.2, 0.25) is 0 Å². The van der Waals surface area contributed by atoms with Gasteiger partial charge in [0.1, 0.15) is 0 Å². The van der Waals surface area contributed by atoms with Crippen molar-refractivity contribution in [2.45, 2.75) is 26.4 Å². The van der Waals surface area contributed by atoms with Gasteiger partial charge in [0, 0.05) is 10.3 Å². The van der Waals surface area contributed by atoms with Gasteiger partial charge in [0.05, 0.1) is 18.0 Å². The first kappa shape index (κ1) is 15.4. The number of amides is 1. The number of fused-ring (bicyclic) bond motifs is 1. The summed E-state index contributed by atoms with van der Waals surface area (Å²) in [5.41, 5.74) is 0.107. The zero-order chi connectivity index (χ0) is 16.4. The summed E-state index contributed by atoms with van der Waals surface area (Å²) in [6, 6.07) is 10.9. The lowest BCUT2D eigenvalue weighted by molar-refractivity contribution is 0.0945. The van der Waals surface area contributed by atoms with Gasteiger partial charge in [-0.1, -0.05) is 24.3 Å². The average Bonchev–Trinajstić information content (AvgIpc) is 3.06. The molecule has 1 aromatic carbocycles. The molecule has 0 saturated carbocycles. The van der Waals surface area contributed by atoms with Gasteiger partial charge in [-0.3, -0.25) is 9.59 Å². The first-order chi connectivity index (χ1) is 11.1. The lowest BCUT2D eigenvalue weighted by Crippen LogP contribution is -2.31. The van der Waals surface area contributed by atoms with Gasteiger partial charge >= 0.3 is 0 Å². The number of carbonyl (C=O) groups is 1. The number of thiophene rings is 1. The van der Waals surface area contributed by atoms with E-state index in [9.17, 15) is 9.59 Å². The van der Waals surface area contributed by atoms with Gasteiger partial charge in [0.15, 0.2) is 5.69 Å². The average molecular weight is 327 g/mol. The second kappa shape index (κ2) is 6.34. The highest BCUT2D eigenvalue weighted by atomic mass is 32.1. The maximum absolute atomic E-state index is 12.6. The molecule has 0 spiro atoms. The maximum atomic E-state index is 12.6. The monoisotopic (exact) mass is 327 g/mol. The van der Waals surface area contributed by atoms with E-state index < -0.39 is 0 Å². The second-order valence-corrected chi connectivity index (χ2v) is 6.53. The summed E-state index contributed by atoms with van der Waals surface area (Å²) < 4.78 is 1.36. The number of hydrogen-bond acceptors (Lipinski definition) is 4. The number of carbonyl (C=O) groups excluding carboxylic acids is 1. The Labute approximate surface area is 137 Å². The number of benzene rings is 1. The van der Waals surface area contributed by atoms with Crippen molar-refractivity contribution >= 4 is 28.0 Å². The molecule has 23 heavy (non-hydrogen) atoms. The molecule has 0 radical (unpaired) electrons. The first-order valence-corrected chi connectivity index (χ1v) is 8.28. The van der Waals surface area contributed by atoms with Crippen molar-refractivity contribution in [3.8, 4) is 0 Å². The van der Waals surface area contributed by atoms with Crippen LogP contribution in [0.15, 0.2) is 46.6 Å². The van der Waals surface area contributed by atoms with Crippen LogP contribution in [0, 0.1) is 0 Å². The normalized spacial score (nSPS) is 11.1. The second-order valence-electron chi connectivity index (χ2n) is 5.50. The summed E-state index contributed by atoms with van der Waals surface area (Å²) in [5, 5.41) is 10.2. The molecule has 3 rings (SSSR count). The van der Waals surface area contributed by atoms with Crippen LogP contribution in [-0.2, 0) is 6.54 Å². The Morgan fingerprint density at radius 3 is 2.61 bits per heavy atom. The zero-order valence-corrected chi connectivity index (χ0v) is 13.8. The molecule has 0 fully saturated rings. The standard InChI is InChI=1S/C17H17N3O2S/c1-11(2)20-17(22)14-8-4-3-7-13(14)15(19-20)16(21)18-10-12-6-5-9-23-12/h3-9,11H,10H2,1-2H3,(H,18,21). The predicted molar refractivity (Wildman–Crippen MR) is 91.9 cm³/mol. The van der Waals surface area contributed by atoms with E-state index in [1.165, 1.54) is 4.68 Å². The van der Waals surface area contributed by atoms with Gasteiger partial charge in [0.2, 0.25) is 0 Å². The number of hydrogen-bond donors (Lipinski definition) is 1. The molecule has 0 bridgehead atoms. The highest BCUT2D eigenvalue weighted by molar-refractivity contribution is 7.09. The third-order valence-corrected chi connectivity index (χ3v) is 4.41. The molecule has 3 aromatic rings. The number of nitrogens with one attached hydrogen (secondary N) is 1. The third kappa shape index (κ3) is 3.03. The summed E-state index contributed by atoms with van der Waals surface area (Å²) >= 11 is 1.58. The SMILES string of the molecule is CC(C)n1nc(C(=O)NCc2cccs2)c2ccccc2c1=O. The Bertz CT molecular complexity index is 898. The van der Waals surface area contributed by atoms with E-state index in [0.29, 0.717) is 17.3 Å². The summed E-state index contributed by atoms with van der Waals surface area (Å²) in [7, 11) is 0. The number of aromatic nitrogens is 2. The van der Waals surface area contributed by atoms with Crippen LogP contribution in [-0.4, -0.2) is 15.7 Å². The lowest BCUT2D eigenvalue weighted by Gasteiger charge is -2.13. The zero-order valence-electron chi connectivity index (χ0n) is 12.9. The van der Waals surface area contributed by atoms with Crippen molar-refractivity contribution < 1.29 is 4.79 Å². The van der Waals surface area contributed by atoms with E-state index >= 15 is 0 Å². The van der Waals surface area contributed by atoms with Crippen molar-refractivity contribution in [1.29, 1.82) is 0 Å². The van der Waals surface area contributed by atoms with Crippen molar-refractivity contribution in [2.24, 2.45) is 0 Å². The van der Waals surface area contributed by atoms with Crippen LogP contribution in [0.3, 0.4) is 0 Å². The quantitative estimate of drug-likeness (QED) is 0.801. The van der Waals surface area contributed by atoms with Crippen LogP contribution in [0.4, 0.5) is 0 Å². The molecule has 2 heterocycles. The molecule has 0 aliphatic heterocycles. The molecular weight excluding hydrogens is 310 g/mol. The van der Waals surface area contributed by atoms with E-state index in [2.05, 4.69) is 10.4 Å². The van der Waals surface area contributed by atoms with Gasteiger partial charge in [0.25, 0.3) is 11.5 Å². The van der Waals surface area contributed by atoms with Gasteiger partial charge in [-0.25, -0.2) is 4.68 Å². The molecule has 0 unspecified atom stereocenters. The van der Waals surface area contributed by atoms with E-state index in [-0.39, 0.29) is 23.2 Å².